The summed E-state index contributed by atoms with van der Waals surface area (Å²) < 4.78 is 14.0. The smallest absolute Gasteiger partial charge is 0.469 e. The summed E-state index contributed by atoms with van der Waals surface area (Å²) >= 11 is 0. The number of hydrogen-bond donors (Lipinski definition) is 3. The molecular formula is C4H9O6PZr. The maximum absolute atomic E-state index is 10.0. The Morgan fingerprint density at radius 3 is 2.25 bits per heavy atom. The van der Waals surface area contributed by atoms with Crippen molar-refractivity contribution in [3.8, 4) is 0 Å². The van der Waals surface area contributed by atoms with Crippen molar-refractivity contribution in [1.29, 1.82) is 0 Å². The molecule has 0 aliphatic heterocycles. The molecule has 0 bridgehead atoms. The van der Waals surface area contributed by atoms with Gasteiger partial charge in [0.05, 0.1) is 6.61 Å². The minimum Gasteiger partial charge on any atom is -0.481 e. The maximum atomic E-state index is 10.0. The van der Waals surface area contributed by atoms with Gasteiger partial charge in [-0.1, -0.05) is 0 Å². The number of carboxylic acids is 1. The van der Waals surface area contributed by atoms with Gasteiger partial charge in [-0.15, -0.1) is 0 Å². The van der Waals surface area contributed by atoms with Crippen LogP contribution in [0.1, 0.15) is 12.8 Å². The summed E-state index contributed by atoms with van der Waals surface area (Å²) in [6, 6.07) is 0. The second-order valence-corrected chi connectivity index (χ2v) is 3.06. The van der Waals surface area contributed by atoms with Crippen molar-refractivity contribution in [2.75, 3.05) is 6.61 Å². The third-order valence-corrected chi connectivity index (χ3v) is 1.31. The number of aliphatic carboxylic acids is 1. The molecule has 0 unspecified atom stereocenters. The number of carboxylic acid groups (broad SMARTS) is 1. The third-order valence-electron chi connectivity index (χ3n) is 0.794. The zero-order valence-electron chi connectivity index (χ0n) is 6.13. The molecule has 0 aromatic rings. The van der Waals surface area contributed by atoms with Gasteiger partial charge in [0.15, 0.2) is 0 Å². The molecule has 6 nitrogen and oxygen atoms in total. The zero-order valence-corrected chi connectivity index (χ0v) is 9.49. The summed E-state index contributed by atoms with van der Waals surface area (Å²) in [7, 11) is -4.42. The molecule has 0 aromatic carbocycles. The number of phosphoric ester groups is 1. The van der Waals surface area contributed by atoms with Gasteiger partial charge in [-0.2, -0.15) is 0 Å². The first-order chi connectivity index (χ1) is 4.92. The van der Waals surface area contributed by atoms with E-state index in [2.05, 4.69) is 4.52 Å². The van der Waals surface area contributed by atoms with E-state index in [-0.39, 0.29) is 45.7 Å². The zero-order chi connectivity index (χ0) is 8.91. The monoisotopic (exact) mass is 274 g/mol. The van der Waals surface area contributed by atoms with Gasteiger partial charge in [-0.05, 0) is 6.42 Å². The Morgan fingerprint density at radius 2 is 1.92 bits per heavy atom. The van der Waals surface area contributed by atoms with E-state index >= 15 is 0 Å². The Morgan fingerprint density at radius 1 is 1.42 bits per heavy atom. The normalized spacial score (nSPS) is 10.5. The first-order valence-electron chi connectivity index (χ1n) is 2.84. The number of hydrogen-bond acceptors (Lipinski definition) is 3. The SMILES string of the molecule is O=C(O)CCCOP(=O)(O)O.[Zr]. The summed E-state index contributed by atoms with van der Waals surface area (Å²) in [6.07, 6.45) is -0.0551. The average Bonchev–Trinajstić information content (AvgIpc) is 1.78. The van der Waals surface area contributed by atoms with Crippen molar-refractivity contribution in [1.82, 2.24) is 0 Å². The van der Waals surface area contributed by atoms with E-state index in [9.17, 15) is 9.36 Å². The standard InChI is InChI=1S/C4H9O6P.Zr/c5-4(6)2-1-3-10-11(7,8)9;/h1-3H2,(H,5,6)(H2,7,8,9);. The average molecular weight is 275 g/mol. The van der Waals surface area contributed by atoms with Crippen molar-refractivity contribution in [2.24, 2.45) is 0 Å². The van der Waals surface area contributed by atoms with Crippen LogP contribution in [0.15, 0.2) is 0 Å². The predicted molar refractivity (Wildman–Crippen MR) is 34.9 cm³/mol. The van der Waals surface area contributed by atoms with Crippen LogP contribution in [-0.4, -0.2) is 27.5 Å². The molecule has 0 heterocycles. The van der Waals surface area contributed by atoms with Crippen LogP contribution in [0.5, 0.6) is 0 Å². The molecule has 0 spiro atoms. The molecule has 0 saturated heterocycles. The molecule has 3 N–H and O–H groups in total. The van der Waals surface area contributed by atoms with Crippen LogP contribution >= 0.6 is 7.82 Å². The Bertz CT molecular complexity index is 176. The van der Waals surface area contributed by atoms with Gasteiger partial charge in [-0.25, -0.2) is 4.57 Å². The fourth-order valence-electron chi connectivity index (χ4n) is 0.407. The van der Waals surface area contributed by atoms with E-state index in [0.29, 0.717) is 0 Å². The van der Waals surface area contributed by atoms with Gasteiger partial charge < -0.3 is 14.9 Å². The van der Waals surface area contributed by atoms with Crippen LogP contribution in [0.3, 0.4) is 0 Å². The number of rotatable bonds is 5. The molecule has 8 heteroatoms. The molecule has 12 heavy (non-hydrogen) atoms. The van der Waals surface area contributed by atoms with Crippen LogP contribution in [0.25, 0.3) is 0 Å². The van der Waals surface area contributed by atoms with Gasteiger partial charge >= 0.3 is 13.8 Å². The molecule has 70 valence electrons. The van der Waals surface area contributed by atoms with Crippen molar-refractivity contribution in [3.63, 3.8) is 0 Å². The first-order valence-corrected chi connectivity index (χ1v) is 4.37. The molecule has 0 aromatic heterocycles. The van der Waals surface area contributed by atoms with E-state index in [1.807, 2.05) is 0 Å². The summed E-state index contributed by atoms with van der Waals surface area (Å²) in [6.45, 7) is -0.240. The minimum atomic E-state index is -4.42. The van der Waals surface area contributed by atoms with Crippen LogP contribution < -0.4 is 0 Å². The molecule has 0 amide bonds. The van der Waals surface area contributed by atoms with Crippen molar-refractivity contribution < 1.29 is 55.0 Å². The number of phosphoric acid groups is 1. The first kappa shape index (κ1) is 15.0. The van der Waals surface area contributed by atoms with Crippen LogP contribution in [0, 0.1) is 0 Å². The molecule has 0 aliphatic carbocycles. The van der Waals surface area contributed by atoms with E-state index < -0.39 is 13.8 Å². The molecule has 0 radical (unpaired) electrons. The Balaban J connectivity index is 0. The molecule has 0 fully saturated rings. The maximum Gasteiger partial charge on any atom is 0.469 e. The van der Waals surface area contributed by atoms with Gasteiger partial charge in [0.1, 0.15) is 0 Å². The second-order valence-electron chi connectivity index (χ2n) is 1.82. The van der Waals surface area contributed by atoms with Gasteiger partial charge in [0, 0.05) is 32.6 Å². The fourth-order valence-corrected chi connectivity index (χ4v) is 0.774. The van der Waals surface area contributed by atoms with Crippen LogP contribution in [0.2, 0.25) is 0 Å². The summed E-state index contributed by atoms with van der Waals surface area (Å²) in [5, 5.41) is 8.09. The molecule has 0 atom stereocenters. The van der Waals surface area contributed by atoms with E-state index in [1.165, 1.54) is 0 Å². The van der Waals surface area contributed by atoms with Gasteiger partial charge in [0.25, 0.3) is 0 Å². The predicted octanol–water partition coefficient (Wildman–Crippen LogP) is -0.0420. The summed E-state index contributed by atoms with van der Waals surface area (Å²) in [5.41, 5.74) is 0. The summed E-state index contributed by atoms with van der Waals surface area (Å²) in [5.74, 6) is -1.01. The van der Waals surface area contributed by atoms with Gasteiger partial charge in [0.2, 0.25) is 0 Å². The second kappa shape index (κ2) is 6.92. The third kappa shape index (κ3) is 13.1. The van der Waals surface area contributed by atoms with Crippen molar-refractivity contribution >= 4 is 13.8 Å². The Kier molecular flexibility index (Phi) is 8.63. The molecule has 0 rings (SSSR count). The summed E-state index contributed by atoms with van der Waals surface area (Å²) in [4.78, 5) is 26.1. The van der Waals surface area contributed by atoms with Crippen LogP contribution in [-0.2, 0) is 40.1 Å². The quantitative estimate of drug-likeness (QED) is 0.480. The topological polar surface area (TPSA) is 104 Å². The molecular weight excluding hydrogens is 266 g/mol. The van der Waals surface area contributed by atoms with E-state index in [0.717, 1.165) is 0 Å². The number of carbonyl (C=O) groups is 1. The minimum absolute atomic E-state index is 0. The Hall–Kier alpha value is 0.463. The fraction of sp³-hybridized carbons (Fsp3) is 0.750. The van der Waals surface area contributed by atoms with Crippen LogP contribution in [0.4, 0.5) is 0 Å². The van der Waals surface area contributed by atoms with Crippen molar-refractivity contribution in [3.05, 3.63) is 0 Å². The van der Waals surface area contributed by atoms with Gasteiger partial charge in [-0.3, -0.25) is 9.32 Å². The largest absolute Gasteiger partial charge is 0.481 e. The molecule has 0 saturated carbocycles. The van der Waals surface area contributed by atoms with E-state index in [4.69, 9.17) is 14.9 Å². The molecule has 0 aliphatic rings. The van der Waals surface area contributed by atoms with Crippen molar-refractivity contribution in [2.45, 2.75) is 12.8 Å². The van der Waals surface area contributed by atoms with E-state index in [1.54, 1.807) is 0 Å². The Labute approximate surface area is 88.3 Å².